The van der Waals surface area contributed by atoms with Crippen molar-refractivity contribution in [2.24, 2.45) is 4.99 Å². The zero-order chi connectivity index (χ0) is 30.1. The largest absolute Gasteiger partial charge is 0.506 e. The Hall–Kier alpha value is -4.71. The summed E-state index contributed by atoms with van der Waals surface area (Å²) in [6.07, 6.45) is -0.178. The molecule has 0 radical (unpaired) electrons. The maximum Gasteiger partial charge on any atom is 0.219 e. The first kappa shape index (κ1) is 27.1. The minimum Gasteiger partial charge on any atom is -0.506 e. The van der Waals surface area contributed by atoms with Gasteiger partial charge >= 0.3 is 0 Å². The number of rotatable bonds is 4. The molecule has 5 aromatic rings. The van der Waals surface area contributed by atoms with E-state index in [4.69, 9.17) is 14.5 Å². The Morgan fingerprint density at radius 3 is 2.28 bits per heavy atom. The van der Waals surface area contributed by atoms with E-state index in [1.54, 1.807) is 30.3 Å². The molecule has 0 fully saturated rings. The molecule has 4 aromatic carbocycles. The molecular weight excluding hydrogens is 539 g/mol. The quantitative estimate of drug-likeness (QED) is 0.234. The van der Waals surface area contributed by atoms with Crippen molar-refractivity contribution in [1.82, 2.24) is 4.98 Å². The van der Waals surface area contributed by atoms with E-state index in [0.717, 1.165) is 10.9 Å². The number of hydrogen-bond donors (Lipinski definition) is 1. The van der Waals surface area contributed by atoms with Crippen LogP contribution in [0.5, 0.6) is 17.4 Å². The number of nitrogens with zero attached hydrogens (tertiary/aromatic N) is 2. The predicted molar refractivity (Wildman–Crippen MR) is 168 cm³/mol. The molecule has 2 heterocycles. The Labute approximate surface area is 250 Å². The lowest BCUT2D eigenvalue weighted by Gasteiger charge is -2.48. The lowest BCUT2D eigenvalue weighted by molar-refractivity contribution is 0.0759. The molecule has 0 spiro atoms. The number of aryl methyl sites for hydroxylation is 1. The van der Waals surface area contributed by atoms with Crippen LogP contribution in [0.3, 0.4) is 0 Å². The van der Waals surface area contributed by atoms with Gasteiger partial charge in [0.1, 0.15) is 35.0 Å². The minimum absolute atomic E-state index is 0.0868. The minimum atomic E-state index is -0.338. The van der Waals surface area contributed by atoms with E-state index < -0.39 is 0 Å². The number of fused-ring (bicyclic) bond motifs is 3. The summed E-state index contributed by atoms with van der Waals surface area (Å²) in [5.41, 5.74) is 5.17. The molecule has 43 heavy (non-hydrogen) atoms. The van der Waals surface area contributed by atoms with Crippen LogP contribution in [0.1, 0.15) is 49.9 Å². The molecule has 7 rings (SSSR count). The monoisotopic (exact) mass is 572 g/mol. The van der Waals surface area contributed by atoms with Gasteiger partial charge in [-0.05, 0) is 71.6 Å². The number of pyridine rings is 1. The topological polar surface area (TPSA) is 63.9 Å². The summed E-state index contributed by atoms with van der Waals surface area (Å²) in [4.78, 5) is 9.76. The molecule has 6 heteroatoms. The maximum absolute atomic E-state index is 15.0. The molecule has 5 nitrogen and oxygen atoms in total. The Kier molecular flexibility index (Phi) is 6.10. The lowest BCUT2D eigenvalue weighted by Crippen LogP contribution is -2.54. The molecule has 0 saturated carbocycles. The number of ether oxygens (including phenoxy) is 2. The van der Waals surface area contributed by atoms with Gasteiger partial charge in [0.2, 0.25) is 11.8 Å². The maximum atomic E-state index is 15.0. The molecule has 2 aliphatic rings. The van der Waals surface area contributed by atoms with Gasteiger partial charge in [-0.25, -0.2) is 14.4 Å². The molecular formula is C37H33FN2O3. The van der Waals surface area contributed by atoms with E-state index in [1.165, 1.54) is 17.2 Å². The summed E-state index contributed by atoms with van der Waals surface area (Å²) < 4.78 is 28.0. The number of benzene rings is 4. The molecule has 2 atom stereocenters. The second-order valence-corrected chi connectivity index (χ2v) is 12.7. The summed E-state index contributed by atoms with van der Waals surface area (Å²) in [6.45, 7) is 10.8. The van der Waals surface area contributed by atoms with Crippen molar-refractivity contribution in [1.29, 1.82) is 0 Å². The van der Waals surface area contributed by atoms with Gasteiger partial charge in [-0.15, -0.1) is 0 Å². The zero-order valence-electron chi connectivity index (χ0n) is 24.9. The lowest BCUT2D eigenvalue weighted by atomic mass is 9.59. The van der Waals surface area contributed by atoms with Gasteiger partial charge in [0.05, 0.1) is 0 Å². The predicted octanol–water partition coefficient (Wildman–Crippen LogP) is 8.63. The highest BCUT2D eigenvalue weighted by Crippen LogP contribution is 2.51. The number of phenols is 1. The van der Waals surface area contributed by atoms with Gasteiger partial charge in [-0.1, -0.05) is 70.2 Å². The van der Waals surface area contributed by atoms with Gasteiger partial charge < -0.3 is 14.6 Å². The number of halogens is 1. The van der Waals surface area contributed by atoms with Crippen molar-refractivity contribution in [3.8, 4) is 28.5 Å². The first-order chi connectivity index (χ1) is 20.5. The average molecular weight is 573 g/mol. The van der Waals surface area contributed by atoms with Crippen molar-refractivity contribution in [2.75, 3.05) is 0 Å². The van der Waals surface area contributed by atoms with Gasteiger partial charge in [0, 0.05) is 33.4 Å². The Morgan fingerprint density at radius 1 is 0.814 bits per heavy atom. The third kappa shape index (κ3) is 4.44. The van der Waals surface area contributed by atoms with Crippen LogP contribution in [0.15, 0.2) is 96.0 Å². The van der Waals surface area contributed by atoms with Crippen molar-refractivity contribution in [3.63, 3.8) is 0 Å². The SMILES string of the molecule is Cc1cc(O)c2nc(Oc3cc(C4=N[C@@H]5[C@H](O4)C(C)(C)c4ccccc4C5(C)C)cc(-c4ccccc4F)c3)ccc2c1. The molecule has 0 saturated heterocycles. The molecule has 0 bridgehead atoms. The Morgan fingerprint density at radius 2 is 1.51 bits per heavy atom. The number of aromatic hydroxyl groups is 1. The smallest absolute Gasteiger partial charge is 0.219 e. The van der Waals surface area contributed by atoms with E-state index in [-0.39, 0.29) is 34.5 Å². The van der Waals surface area contributed by atoms with Crippen LogP contribution in [0, 0.1) is 12.7 Å². The van der Waals surface area contributed by atoms with Crippen LogP contribution >= 0.6 is 0 Å². The van der Waals surface area contributed by atoms with Crippen LogP contribution in [0.25, 0.3) is 22.0 Å². The molecule has 1 N–H and O–H groups in total. The summed E-state index contributed by atoms with van der Waals surface area (Å²) in [6, 6.07) is 27.9. The van der Waals surface area contributed by atoms with Crippen LogP contribution in [0.2, 0.25) is 0 Å². The third-order valence-electron chi connectivity index (χ3n) is 9.00. The van der Waals surface area contributed by atoms with E-state index >= 15 is 4.39 Å². The van der Waals surface area contributed by atoms with Crippen molar-refractivity contribution < 1.29 is 19.0 Å². The van der Waals surface area contributed by atoms with Crippen LogP contribution in [-0.2, 0) is 15.6 Å². The molecule has 216 valence electrons. The molecule has 1 aliphatic carbocycles. The number of hydrogen-bond acceptors (Lipinski definition) is 5. The van der Waals surface area contributed by atoms with Gasteiger partial charge in [0.15, 0.2) is 0 Å². The second-order valence-electron chi connectivity index (χ2n) is 12.7. The summed E-state index contributed by atoms with van der Waals surface area (Å²) in [5.74, 6) is 1.02. The fraction of sp³-hybridized carbons (Fsp3) is 0.243. The van der Waals surface area contributed by atoms with E-state index in [2.05, 4.69) is 56.9 Å². The molecule has 0 unspecified atom stereocenters. The Bertz CT molecular complexity index is 1940. The van der Waals surface area contributed by atoms with E-state index in [0.29, 0.717) is 39.7 Å². The highest BCUT2D eigenvalue weighted by molar-refractivity contribution is 5.97. The number of aliphatic imine (C=N–C) groups is 1. The highest BCUT2D eigenvalue weighted by Gasteiger charge is 2.55. The molecule has 1 aromatic heterocycles. The van der Waals surface area contributed by atoms with Crippen LogP contribution < -0.4 is 4.74 Å². The highest BCUT2D eigenvalue weighted by atomic mass is 19.1. The normalized spacial score (nSPS) is 19.7. The fourth-order valence-electron chi connectivity index (χ4n) is 6.71. The first-order valence-electron chi connectivity index (χ1n) is 14.6. The van der Waals surface area contributed by atoms with Gasteiger partial charge in [-0.3, -0.25) is 0 Å². The van der Waals surface area contributed by atoms with Crippen LogP contribution in [-0.4, -0.2) is 28.1 Å². The van der Waals surface area contributed by atoms with Crippen molar-refractivity contribution >= 4 is 16.8 Å². The first-order valence-corrected chi connectivity index (χ1v) is 14.6. The van der Waals surface area contributed by atoms with E-state index in [9.17, 15) is 5.11 Å². The summed E-state index contributed by atoms with van der Waals surface area (Å²) in [5, 5.41) is 11.3. The molecule has 1 aliphatic heterocycles. The summed E-state index contributed by atoms with van der Waals surface area (Å²) >= 11 is 0. The van der Waals surface area contributed by atoms with Crippen molar-refractivity contribution in [2.45, 2.75) is 57.6 Å². The van der Waals surface area contributed by atoms with Crippen LogP contribution in [0.4, 0.5) is 4.39 Å². The fourth-order valence-corrected chi connectivity index (χ4v) is 6.71. The van der Waals surface area contributed by atoms with Crippen molar-refractivity contribution in [3.05, 3.63) is 119 Å². The number of phenolic OH excluding ortho intramolecular Hbond substituents is 1. The standard InChI is InChI=1S/C37H33FN2O3/c1-21-16-22-14-15-31(39-32(22)30(41)17-21)42-25-19-23(26-10-6-9-13-29(26)38)18-24(20-25)35-40-33-34(43-35)37(4,5)28-12-8-7-11-27(28)36(33,2)3/h6-20,33-34,41H,1-5H3/t33-,34+/m1/s1. The summed E-state index contributed by atoms with van der Waals surface area (Å²) in [7, 11) is 0. The molecule has 0 amide bonds. The Balaban J connectivity index is 1.33. The third-order valence-corrected chi connectivity index (χ3v) is 9.00. The average Bonchev–Trinajstić information content (AvgIpc) is 3.45. The van der Waals surface area contributed by atoms with Gasteiger partial charge in [-0.2, -0.15) is 0 Å². The zero-order valence-corrected chi connectivity index (χ0v) is 24.9. The number of aromatic nitrogens is 1. The van der Waals surface area contributed by atoms with Gasteiger partial charge in [0.25, 0.3) is 0 Å². The van der Waals surface area contributed by atoms with E-state index in [1.807, 2.05) is 37.3 Å². The second kappa shape index (κ2) is 9.66.